The van der Waals surface area contributed by atoms with E-state index in [0.29, 0.717) is 27.8 Å². The summed E-state index contributed by atoms with van der Waals surface area (Å²) in [6, 6.07) is 20.4. The molecule has 0 fully saturated rings. The second-order valence-electron chi connectivity index (χ2n) is 7.05. The summed E-state index contributed by atoms with van der Waals surface area (Å²) in [6.45, 7) is 0. The third-order valence-corrected chi connectivity index (χ3v) is 5.26. The van der Waals surface area contributed by atoms with E-state index in [1.807, 2.05) is 42.5 Å². The number of nitrogens with zero attached hydrogens (tertiary/aromatic N) is 2. The summed E-state index contributed by atoms with van der Waals surface area (Å²) < 4.78 is 7.45. The molecular weight excluding hydrogens is 380 g/mol. The number of para-hydroxylation sites is 2. The normalized spacial score (nSPS) is 11.6. The van der Waals surface area contributed by atoms with E-state index in [1.165, 1.54) is 6.20 Å². The van der Waals surface area contributed by atoms with Crippen molar-refractivity contribution in [1.29, 1.82) is 0 Å². The highest BCUT2D eigenvalue weighted by Gasteiger charge is 2.17. The van der Waals surface area contributed by atoms with Crippen molar-refractivity contribution in [3.63, 3.8) is 0 Å². The summed E-state index contributed by atoms with van der Waals surface area (Å²) in [7, 11) is 0. The van der Waals surface area contributed by atoms with Crippen LogP contribution in [0.15, 0.2) is 82.1 Å². The summed E-state index contributed by atoms with van der Waals surface area (Å²) >= 11 is 0. The number of amides is 1. The molecule has 0 unspecified atom stereocenters. The quantitative estimate of drug-likeness (QED) is 0.457. The van der Waals surface area contributed by atoms with Crippen LogP contribution in [0.5, 0.6) is 0 Å². The summed E-state index contributed by atoms with van der Waals surface area (Å²) in [5.74, 6) is -0.369. The first-order valence-corrected chi connectivity index (χ1v) is 9.40. The smallest absolute Gasteiger partial charge is 0.261 e. The van der Waals surface area contributed by atoms with E-state index in [-0.39, 0.29) is 17.0 Å². The first-order valence-electron chi connectivity index (χ1n) is 9.40. The first kappa shape index (κ1) is 16.6. The molecule has 7 heteroatoms. The largest absolute Gasteiger partial charge is 0.456 e. The number of benzene rings is 3. The Hall–Kier alpha value is -4.39. The molecule has 3 heterocycles. The molecule has 6 aromatic rings. The van der Waals surface area contributed by atoms with Crippen LogP contribution >= 0.6 is 0 Å². The number of aromatic amines is 1. The average Bonchev–Trinajstić information content (AvgIpc) is 3.35. The number of hydrogen-bond donors (Lipinski definition) is 2. The van der Waals surface area contributed by atoms with Crippen LogP contribution in [0, 0.1) is 0 Å². The highest BCUT2D eigenvalue weighted by molar-refractivity contribution is 6.10. The van der Waals surface area contributed by atoms with Gasteiger partial charge in [0.1, 0.15) is 22.4 Å². The Bertz CT molecular complexity index is 1670. The van der Waals surface area contributed by atoms with Gasteiger partial charge in [0.25, 0.3) is 11.5 Å². The molecule has 0 aliphatic carbocycles. The third kappa shape index (κ3) is 2.35. The van der Waals surface area contributed by atoms with Gasteiger partial charge in [-0.25, -0.2) is 4.52 Å². The fraction of sp³-hybridized carbons (Fsp3) is 0. The molecule has 30 heavy (non-hydrogen) atoms. The van der Waals surface area contributed by atoms with Crippen molar-refractivity contribution < 1.29 is 9.21 Å². The number of nitrogens with one attached hydrogen (secondary N) is 2. The molecule has 0 saturated carbocycles. The molecule has 0 atom stereocenters. The minimum Gasteiger partial charge on any atom is -0.456 e. The molecule has 0 bridgehead atoms. The minimum absolute atomic E-state index is 0.267. The highest BCUT2D eigenvalue weighted by atomic mass is 16.3. The zero-order chi connectivity index (χ0) is 20.2. The van der Waals surface area contributed by atoms with Gasteiger partial charge in [-0.2, -0.15) is 5.10 Å². The molecule has 0 aliphatic rings. The van der Waals surface area contributed by atoms with Crippen molar-refractivity contribution in [1.82, 2.24) is 14.6 Å². The lowest BCUT2D eigenvalue weighted by Gasteiger charge is -2.05. The van der Waals surface area contributed by atoms with Crippen molar-refractivity contribution in [3.05, 3.63) is 88.8 Å². The molecule has 0 spiro atoms. The van der Waals surface area contributed by atoms with Crippen LogP contribution in [0.3, 0.4) is 0 Å². The average molecular weight is 394 g/mol. The van der Waals surface area contributed by atoms with E-state index in [2.05, 4.69) is 15.4 Å². The van der Waals surface area contributed by atoms with Gasteiger partial charge >= 0.3 is 0 Å². The van der Waals surface area contributed by atoms with Crippen LogP contribution in [0.4, 0.5) is 5.69 Å². The lowest BCUT2D eigenvalue weighted by Crippen LogP contribution is -2.15. The maximum absolute atomic E-state index is 12.9. The molecule has 144 valence electrons. The number of anilines is 1. The van der Waals surface area contributed by atoms with E-state index in [0.717, 1.165) is 16.4 Å². The number of rotatable bonds is 2. The summed E-state index contributed by atoms with van der Waals surface area (Å²) in [5, 5.41) is 9.68. The molecule has 0 saturated heterocycles. The van der Waals surface area contributed by atoms with E-state index >= 15 is 0 Å². The van der Waals surface area contributed by atoms with Crippen LogP contribution in [-0.2, 0) is 0 Å². The van der Waals surface area contributed by atoms with E-state index in [4.69, 9.17) is 4.42 Å². The van der Waals surface area contributed by atoms with E-state index in [9.17, 15) is 9.59 Å². The Morgan fingerprint density at radius 3 is 2.60 bits per heavy atom. The topological polar surface area (TPSA) is 92.4 Å². The van der Waals surface area contributed by atoms with E-state index in [1.54, 1.807) is 28.8 Å². The van der Waals surface area contributed by atoms with Gasteiger partial charge in [0.05, 0.1) is 17.1 Å². The Morgan fingerprint density at radius 2 is 1.70 bits per heavy atom. The fourth-order valence-electron chi connectivity index (χ4n) is 3.84. The van der Waals surface area contributed by atoms with E-state index < -0.39 is 0 Å². The van der Waals surface area contributed by atoms with Crippen molar-refractivity contribution >= 4 is 50.1 Å². The fourth-order valence-corrected chi connectivity index (χ4v) is 3.84. The van der Waals surface area contributed by atoms with Gasteiger partial charge in [0.2, 0.25) is 0 Å². The van der Waals surface area contributed by atoms with Crippen LogP contribution in [0.1, 0.15) is 10.4 Å². The number of carbonyl (C=O) groups is 1. The third-order valence-electron chi connectivity index (χ3n) is 5.26. The second-order valence-corrected chi connectivity index (χ2v) is 7.05. The van der Waals surface area contributed by atoms with Crippen molar-refractivity contribution in [3.8, 4) is 0 Å². The molecule has 2 N–H and O–H groups in total. The Labute approximate surface area is 168 Å². The summed E-state index contributed by atoms with van der Waals surface area (Å²) in [4.78, 5) is 28.1. The number of furan rings is 1. The van der Waals surface area contributed by atoms with Gasteiger partial charge < -0.3 is 14.7 Å². The van der Waals surface area contributed by atoms with Crippen LogP contribution < -0.4 is 10.9 Å². The van der Waals surface area contributed by atoms with Crippen molar-refractivity contribution in [2.75, 3.05) is 5.32 Å². The Balaban J connectivity index is 1.42. The van der Waals surface area contributed by atoms with Crippen molar-refractivity contribution in [2.45, 2.75) is 0 Å². The molecule has 0 radical (unpaired) electrons. The van der Waals surface area contributed by atoms with Crippen molar-refractivity contribution in [2.24, 2.45) is 0 Å². The predicted octanol–water partition coefficient (Wildman–Crippen LogP) is 4.33. The van der Waals surface area contributed by atoms with Gasteiger partial charge in [-0.1, -0.05) is 30.3 Å². The zero-order valence-electron chi connectivity index (χ0n) is 15.5. The zero-order valence-corrected chi connectivity index (χ0v) is 15.5. The molecule has 3 aromatic heterocycles. The Kier molecular flexibility index (Phi) is 3.34. The number of carbonyl (C=O) groups excluding carboxylic acids is 1. The molecule has 1 amide bonds. The van der Waals surface area contributed by atoms with Gasteiger partial charge in [-0.05, 0) is 30.3 Å². The lowest BCUT2D eigenvalue weighted by atomic mass is 10.1. The van der Waals surface area contributed by atoms with Gasteiger partial charge in [0.15, 0.2) is 0 Å². The van der Waals surface area contributed by atoms with Crippen LogP contribution in [-0.4, -0.2) is 20.5 Å². The molecular formula is C23H14N4O3. The molecule has 3 aromatic carbocycles. The first-order chi connectivity index (χ1) is 14.7. The maximum Gasteiger partial charge on any atom is 0.261 e. The monoisotopic (exact) mass is 394 g/mol. The van der Waals surface area contributed by atoms with Crippen LogP contribution in [0.2, 0.25) is 0 Å². The van der Waals surface area contributed by atoms with Gasteiger partial charge in [-0.15, -0.1) is 0 Å². The molecule has 7 nitrogen and oxygen atoms in total. The predicted molar refractivity (Wildman–Crippen MR) is 115 cm³/mol. The maximum atomic E-state index is 12.9. The SMILES string of the molecule is O=C(Nc1ccc2c(c1)oc1ccccc12)c1cnn2c1[nH]c(=O)c1ccccc12. The highest BCUT2D eigenvalue weighted by Crippen LogP contribution is 2.30. The summed E-state index contributed by atoms with van der Waals surface area (Å²) in [6.07, 6.45) is 1.45. The summed E-state index contributed by atoms with van der Waals surface area (Å²) in [5.41, 5.74) is 3.07. The Morgan fingerprint density at radius 1 is 0.933 bits per heavy atom. The molecule has 6 rings (SSSR count). The number of H-pyrrole nitrogens is 1. The molecule has 0 aliphatic heterocycles. The number of aromatic nitrogens is 3. The lowest BCUT2D eigenvalue weighted by molar-refractivity contribution is 0.102. The van der Waals surface area contributed by atoms with Gasteiger partial charge in [-0.3, -0.25) is 9.59 Å². The minimum atomic E-state index is -0.369. The standard InChI is InChI=1S/C23H14N4O3/c28-22-16-6-1-3-7-18(16)27-21(26-22)17(12-24-27)23(29)25-13-9-10-15-14-5-2-4-8-19(14)30-20(15)11-13/h1-12H,(H,25,29)(H,26,28). The van der Waals surface area contributed by atoms with Crippen LogP contribution in [0.25, 0.3) is 38.5 Å². The second kappa shape index (κ2) is 6.05. The van der Waals surface area contributed by atoms with Gasteiger partial charge in [0, 0.05) is 22.5 Å². The number of hydrogen-bond acceptors (Lipinski definition) is 4. The number of fused-ring (bicyclic) bond motifs is 6.